The van der Waals surface area contributed by atoms with E-state index in [1.54, 1.807) is 17.8 Å². The van der Waals surface area contributed by atoms with Gasteiger partial charge in [-0.15, -0.1) is 0 Å². The molecule has 9 heteroatoms. The molecule has 1 amide bonds. The van der Waals surface area contributed by atoms with E-state index in [1.807, 2.05) is 6.92 Å². The molecule has 0 saturated heterocycles. The first-order chi connectivity index (χ1) is 12.7. The molecule has 0 aliphatic carbocycles. The summed E-state index contributed by atoms with van der Waals surface area (Å²) >= 11 is 0. The summed E-state index contributed by atoms with van der Waals surface area (Å²) in [6, 6.07) is 12.2. The van der Waals surface area contributed by atoms with Gasteiger partial charge in [-0.3, -0.25) is 14.2 Å². The van der Waals surface area contributed by atoms with Gasteiger partial charge in [0, 0.05) is 24.4 Å². The Balaban J connectivity index is 1.72. The molecule has 2 N–H and O–H groups in total. The molecular weight excluding hydrogens is 371 g/mol. The lowest BCUT2D eigenvalue weighted by molar-refractivity contribution is 0.102. The standard InChI is InChI=1S/C18H17FN4O3S/c1-12-11-17(23(2)21-12)20-18(24)13-3-7-15(8-4-13)22-27(25,26)16-9-5-14(19)6-10-16/h3-11,22H,1-2H3,(H,20,24). The van der Waals surface area contributed by atoms with Crippen LogP contribution in [0.15, 0.2) is 59.5 Å². The molecule has 1 aromatic heterocycles. The maximum absolute atomic E-state index is 12.9. The summed E-state index contributed by atoms with van der Waals surface area (Å²) in [5.74, 6) is -0.308. The van der Waals surface area contributed by atoms with Gasteiger partial charge in [-0.2, -0.15) is 5.10 Å². The second-order valence-corrected chi connectivity index (χ2v) is 7.57. The number of amides is 1. The van der Waals surface area contributed by atoms with Crippen LogP contribution in [-0.4, -0.2) is 24.1 Å². The van der Waals surface area contributed by atoms with Crippen molar-refractivity contribution < 1.29 is 17.6 Å². The summed E-state index contributed by atoms with van der Waals surface area (Å²) in [5, 5.41) is 6.88. The summed E-state index contributed by atoms with van der Waals surface area (Å²) < 4.78 is 41.5. The first-order valence-electron chi connectivity index (χ1n) is 7.95. The smallest absolute Gasteiger partial charge is 0.261 e. The van der Waals surface area contributed by atoms with Gasteiger partial charge in [-0.05, 0) is 55.5 Å². The zero-order valence-corrected chi connectivity index (χ0v) is 15.4. The van der Waals surface area contributed by atoms with E-state index in [4.69, 9.17) is 0 Å². The van der Waals surface area contributed by atoms with Gasteiger partial charge in [0.15, 0.2) is 0 Å². The second kappa shape index (κ2) is 7.20. The third-order valence-corrected chi connectivity index (χ3v) is 5.16. The number of nitrogens with zero attached hydrogens (tertiary/aromatic N) is 2. The number of aromatic nitrogens is 2. The molecule has 0 spiro atoms. The molecule has 3 rings (SSSR count). The molecule has 0 unspecified atom stereocenters. The fraction of sp³-hybridized carbons (Fsp3) is 0.111. The Morgan fingerprint density at radius 3 is 2.26 bits per heavy atom. The molecule has 3 aromatic rings. The Kier molecular flexibility index (Phi) is 4.95. The highest BCUT2D eigenvalue weighted by molar-refractivity contribution is 7.92. The van der Waals surface area contributed by atoms with Crippen molar-refractivity contribution >= 4 is 27.4 Å². The largest absolute Gasteiger partial charge is 0.307 e. The van der Waals surface area contributed by atoms with Crippen molar-refractivity contribution in [3.63, 3.8) is 0 Å². The van der Waals surface area contributed by atoms with Crippen LogP contribution in [0.3, 0.4) is 0 Å². The Labute approximate surface area is 155 Å². The molecule has 2 aromatic carbocycles. The molecule has 1 heterocycles. The minimum atomic E-state index is -3.84. The number of aryl methyl sites for hydroxylation is 2. The Hall–Kier alpha value is -3.20. The van der Waals surface area contributed by atoms with Gasteiger partial charge in [-0.25, -0.2) is 12.8 Å². The van der Waals surface area contributed by atoms with Crippen molar-refractivity contribution in [1.29, 1.82) is 0 Å². The lowest BCUT2D eigenvalue weighted by atomic mass is 10.2. The Morgan fingerprint density at radius 2 is 1.70 bits per heavy atom. The maximum atomic E-state index is 12.9. The van der Waals surface area contributed by atoms with Crippen molar-refractivity contribution in [3.8, 4) is 0 Å². The van der Waals surface area contributed by atoms with Gasteiger partial charge in [-0.1, -0.05) is 0 Å². The summed E-state index contributed by atoms with van der Waals surface area (Å²) in [4.78, 5) is 12.2. The predicted octanol–water partition coefficient (Wildman–Crippen LogP) is 2.92. The van der Waals surface area contributed by atoms with Crippen LogP contribution >= 0.6 is 0 Å². The summed E-state index contributed by atoms with van der Waals surface area (Å²) in [7, 11) is -2.13. The fourth-order valence-corrected chi connectivity index (χ4v) is 3.49. The van der Waals surface area contributed by atoms with Crippen LogP contribution in [0.5, 0.6) is 0 Å². The SMILES string of the molecule is Cc1cc(NC(=O)c2ccc(NS(=O)(=O)c3ccc(F)cc3)cc2)n(C)n1. The molecule has 0 radical (unpaired) electrons. The monoisotopic (exact) mass is 388 g/mol. The van der Waals surface area contributed by atoms with E-state index in [9.17, 15) is 17.6 Å². The highest BCUT2D eigenvalue weighted by Gasteiger charge is 2.15. The van der Waals surface area contributed by atoms with E-state index in [-0.39, 0.29) is 16.5 Å². The maximum Gasteiger partial charge on any atom is 0.261 e. The average molecular weight is 388 g/mol. The molecule has 0 fully saturated rings. The number of hydrogen-bond acceptors (Lipinski definition) is 4. The number of carbonyl (C=O) groups is 1. The Bertz CT molecular complexity index is 1070. The molecule has 0 saturated carbocycles. The van der Waals surface area contributed by atoms with Gasteiger partial charge >= 0.3 is 0 Å². The zero-order chi connectivity index (χ0) is 19.6. The van der Waals surface area contributed by atoms with Crippen LogP contribution < -0.4 is 10.0 Å². The van der Waals surface area contributed by atoms with Gasteiger partial charge in [0.2, 0.25) is 0 Å². The topological polar surface area (TPSA) is 93.1 Å². The van der Waals surface area contributed by atoms with E-state index in [0.29, 0.717) is 11.4 Å². The minimum absolute atomic E-state index is 0.0581. The van der Waals surface area contributed by atoms with Crippen LogP contribution in [0, 0.1) is 12.7 Å². The molecule has 27 heavy (non-hydrogen) atoms. The molecule has 0 aliphatic heterocycles. The van der Waals surface area contributed by atoms with Crippen molar-refractivity contribution in [2.45, 2.75) is 11.8 Å². The van der Waals surface area contributed by atoms with Crippen molar-refractivity contribution in [2.24, 2.45) is 7.05 Å². The first-order valence-corrected chi connectivity index (χ1v) is 9.43. The third-order valence-electron chi connectivity index (χ3n) is 3.77. The highest BCUT2D eigenvalue weighted by atomic mass is 32.2. The number of anilines is 2. The number of sulfonamides is 1. The van der Waals surface area contributed by atoms with E-state index in [0.717, 1.165) is 17.8 Å². The molecular formula is C18H17FN4O3S. The quantitative estimate of drug-likeness (QED) is 0.703. The molecule has 0 aliphatic rings. The van der Waals surface area contributed by atoms with E-state index < -0.39 is 15.8 Å². The average Bonchev–Trinajstić information content (AvgIpc) is 2.92. The zero-order valence-electron chi connectivity index (χ0n) is 14.6. The van der Waals surface area contributed by atoms with Gasteiger partial charge in [0.05, 0.1) is 10.6 Å². The number of carbonyl (C=O) groups excluding carboxylic acids is 1. The molecule has 140 valence electrons. The van der Waals surface area contributed by atoms with Crippen molar-refractivity contribution in [2.75, 3.05) is 10.0 Å². The van der Waals surface area contributed by atoms with Crippen LogP contribution in [0.4, 0.5) is 15.9 Å². The normalized spacial score (nSPS) is 11.2. The number of halogens is 1. The summed E-state index contributed by atoms with van der Waals surface area (Å²) in [6.07, 6.45) is 0. The number of benzene rings is 2. The lowest BCUT2D eigenvalue weighted by Crippen LogP contribution is -2.15. The van der Waals surface area contributed by atoms with Crippen LogP contribution in [0.2, 0.25) is 0 Å². The summed E-state index contributed by atoms with van der Waals surface area (Å²) in [6.45, 7) is 1.82. The van der Waals surface area contributed by atoms with Crippen LogP contribution in [-0.2, 0) is 17.1 Å². The number of nitrogens with one attached hydrogen (secondary N) is 2. The van der Waals surface area contributed by atoms with Gasteiger partial charge < -0.3 is 5.32 Å². The third kappa shape index (κ3) is 4.32. The first kappa shape index (κ1) is 18.6. The molecule has 0 atom stereocenters. The number of rotatable bonds is 5. The highest BCUT2D eigenvalue weighted by Crippen LogP contribution is 2.18. The Morgan fingerprint density at radius 1 is 1.07 bits per heavy atom. The minimum Gasteiger partial charge on any atom is -0.307 e. The van der Waals surface area contributed by atoms with E-state index in [2.05, 4.69) is 15.1 Å². The second-order valence-electron chi connectivity index (χ2n) is 5.89. The van der Waals surface area contributed by atoms with E-state index >= 15 is 0 Å². The number of hydrogen-bond donors (Lipinski definition) is 2. The van der Waals surface area contributed by atoms with E-state index in [1.165, 1.54) is 36.4 Å². The van der Waals surface area contributed by atoms with Crippen LogP contribution in [0.1, 0.15) is 16.1 Å². The molecule has 7 nitrogen and oxygen atoms in total. The molecule has 0 bridgehead atoms. The van der Waals surface area contributed by atoms with Gasteiger partial charge in [0.25, 0.3) is 15.9 Å². The summed E-state index contributed by atoms with van der Waals surface area (Å²) in [5.41, 5.74) is 1.42. The predicted molar refractivity (Wildman–Crippen MR) is 99.5 cm³/mol. The lowest BCUT2D eigenvalue weighted by Gasteiger charge is -2.09. The van der Waals surface area contributed by atoms with Crippen molar-refractivity contribution in [3.05, 3.63) is 71.7 Å². The van der Waals surface area contributed by atoms with Gasteiger partial charge in [0.1, 0.15) is 11.6 Å². The van der Waals surface area contributed by atoms with Crippen LogP contribution in [0.25, 0.3) is 0 Å². The van der Waals surface area contributed by atoms with Crippen molar-refractivity contribution in [1.82, 2.24) is 9.78 Å². The fourth-order valence-electron chi connectivity index (χ4n) is 2.43.